The largest absolute Gasteiger partial charge is 0.493 e. The predicted molar refractivity (Wildman–Crippen MR) is 62.8 cm³/mol. The van der Waals surface area contributed by atoms with Crippen LogP contribution in [-0.4, -0.2) is 24.8 Å². The van der Waals surface area contributed by atoms with Gasteiger partial charge in [0.2, 0.25) is 0 Å². The number of halogens is 1. The van der Waals surface area contributed by atoms with Gasteiger partial charge >= 0.3 is 0 Å². The number of rotatable bonds is 4. The van der Waals surface area contributed by atoms with E-state index in [0.717, 1.165) is 44.1 Å². The Morgan fingerprint density at radius 2 is 2.25 bits per heavy atom. The normalized spacial score (nSPS) is 17.3. The van der Waals surface area contributed by atoms with Crippen LogP contribution >= 0.6 is 11.6 Å². The van der Waals surface area contributed by atoms with Gasteiger partial charge in [-0.1, -0.05) is 0 Å². The minimum absolute atomic E-state index is 0.425. The molecule has 1 fully saturated rings. The SMILES string of the molecule is ClCc1cc(OCC2CCOCC2)ccn1. The van der Waals surface area contributed by atoms with Gasteiger partial charge in [-0.2, -0.15) is 0 Å². The molecule has 1 aliphatic rings. The standard InChI is InChI=1S/C12H16ClNO2/c13-8-11-7-12(1-4-14-11)16-9-10-2-5-15-6-3-10/h1,4,7,10H,2-3,5-6,8-9H2. The maximum Gasteiger partial charge on any atom is 0.122 e. The number of hydrogen-bond acceptors (Lipinski definition) is 3. The van der Waals surface area contributed by atoms with Crippen LogP contribution in [0.5, 0.6) is 5.75 Å². The number of nitrogens with zero attached hydrogens (tertiary/aromatic N) is 1. The molecule has 0 aliphatic carbocycles. The summed E-state index contributed by atoms with van der Waals surface area (Å²) in [6, 6.07) is 3.77. The molecule has 88 valence electrons. The molecule has 1 saturated heterocycles. The van der Waals surface area contributed by atoms with Gasteiger partial charge in [0.25, 0.3) is 0 Å². The third-order valence-corrected chi connectivity index (χ3v) is 3.03. The molecule has 4 heteroatoms. The highest BCUT2D eigenvalue weighted by Crippen LogP contribution is 2.18. The summed E-state index contributed by atoms with van der Waals surface area (Å²) in [5, 5.41) is 0. The maximum absolute atomic E-state index is 5.73. The third-order valence-electron chi connectivity index (χ3n) is 2.75. The smallest absolute Gasteiger partial charge is 0.122 e. The lowest BCUT2D eigenvalue weighted by Crippen LogP contribution is -2.21. The summed E-state index contributed by atoms with van der Waals surface area (Å²) in [6.45, 7) is 2.48. The zero-order valence-electron chi connectivity index (χ0n) is 9.19. The van der Waals surface area contributed by atoms with E-state index in [4.69, 9.17) is 21.1 Å². The van der Waals surface area contributed by atoms with Crippen LogP contribution < -0.4 is 4.74 Å². The van der Waals surface area contributed by atoms with Crippen molar-refractivity contribution in [1.29, 1.82) is 0 Å². The maximum atomic E-state index is 5.73. The topological polar surface area (TPSA) is 31.4 Å². The van der Waals surface area contributed by atoms with Crippen LogP contribution in [0.4, 0.5) is 0 Å². The van der Waals surface area contributed by atoms with Crippen molar-refractivity contribution in [3.8, 4) is 5.75 Å². The van der Waals surface area contributed by atoms with Crippen LogP contribution in [0.2, 0.25) is 0 Å². The molecule has 0 aromatic carbocycles. The molecular weight excluding hydrogens is 226 g/mol. The minimum Gasteiger partial charge on any atom is -0.493 e. The molecule has 1 aromatic heterocycles. The Bertz CT molecular complexity index is 327. The molecule has 0 unspecified atom stereocenters. The number of alkyl halides is 1. The molecule has 1 aromatic rings. The Morgan fingerprint density at radius 1 is 1.44 bits per heavy atom. The highest BCUT2D eigenvalue weighted by Gasteiger charge is 2.14. The van der Waals surface area contributed by atoms with Crippen LogP contribution in [0.15, 0.2) is 18.3 Å². The number of hydrogen-bond donors (Lipinski definition) is 0. The summed E-state index contributed by atoms with van der Waals surface area (Å²) in [6.07, 6.45) is 3.91. The van der Waals surface area contributed by atoms with Crippen molar-refractivity contribution >= 4 is 11.6 Å². The summed E-state index contributed by atoms with van der Waals surface area (Å²) in [5.41, 5.74) is 0.853. The van der Waals surface area contributed by atoms with E-state index in [9.17, 15) is 0 Å². The van der Waals surface area contributed by atoms with Gasteiger partial charge in [-0.25, -0.2) is 0 Å². The van der Waals surface area contributed by atoms with Crippen molar-refractivity contribution < 1.29 is 9.47 Å². The van der Waals surface area contributed by atoms with Crippen LogP contribution in [0, 0.1) is 5.92 Å². The zero-order chi connectivity index (χ0) is 11.2. The molecule has 1 aliphatic heterocycles. The first-order valence-electron chi connectivity index (χ1n) is 5.60. The van der Waals surface area contributed by atoms with Gasteiger partial charge in [-0.05, 0) is 24.8 Å². The zero-order valence-corrected chi connectivity index (χ0v) is 9.95. The molecule has 0 radical (unpaired) electrons. The second kappa shape index (κ2) is 6.06. The fourth-order valence-corrected chi connectivity index (χ4v) is 1.89. The van der Waals surface area contributed by atoms with E-state index in [-0.39, 0.29) is 0 Å². The average molecular weight is 242 g/mol. The Hall–Kier alpha value is -0.800. The van der Waals surface area contributed by atoms with Crippen molar-refractivity contribution in [3.05, 3.63) is 24.0 Å². The molecule has 2 rings (SSSR count). The van der Waals surface area contributed by atoms with Gasteiger partial charge in [0.15, 0.2) is 0 Å². The second-order valence-electron chi connectivity index (χ2n) is 3.98. The summed E-state index contributed by atoms with van der Waals surface area (Å²) in [7, 11) is 0. The highest BCUT2D eigenvalue weighted by atomic mass is 35.5. The number of ether oxygens (including phenoxy) is 2. The van der Waals surface area contributed by atoms with E-state index in [1.165, 1.54) is 0 Å². The van der Waals surface area contributed by atoms with Crippen molar-refractivity contribution in [1.82, 2.24) is 4.98 Å². The van der Waals surface area contributed by atoms with E-state index in [0.29, 0.717) is 11.8 Å². The van der Waals surface area contributed by atoms with E-state index in [1.807, 2.05) is 12.1 Å². The Labute approximate surface area is 101 Å². The first-order chi connectivity index (χ1) is 7.88. The molecule has 0 amide bonds. The van der Waals surface area contributed by atoms with Crippen molar-refractivity contribution in [3.63, 3.8) is 0 Å². The van der Waals surface area contributed by atoms with Gasteiger partial charge in [0.05, 0.1) is 18.2 Å². The quantitative estimate of drug-likeness (QED) is 0.760. The summed E-state index contributed by atoms with van der Waals surface area (Å²) in [4.78, 5) is 4.12. The summed E-state index contributed by atoms with van der Waals surface area (Å²) in [5.74, 6) is 1.90. The Balaban J connectivity index is 1.83. The van der Waals surface area contributed by atoms with Crippen LogP contribution in [0.3, 0.4) is 0 Å². The van der Waals surface area contributed by atoms with Crippen molar-refractivity contribution in [2.24, 2.45) is 5.92 Å². The Morgan fingerprint density at radius 3 is 3.00 bits per heavy atom. The average Bonchev–Trinajstić information content (AvgIpc) is 2.38. The first-order valence-corrected chi connectivity index (χ1v) is 6.13. The summed E-state index contributed by atoms with van der Waals surface area (Å²) < 4.78 is 11.0. The molecule has 3 nitrogen and oxygen atoms in total. The molecule has 0 bridgehead atoms. The molecule has 0 atom stereocenters. The first kappa shape index (κ1) is 11.7. The highest BCUT2D eigenvalue weighted by molar-refractivity contribution is 6.16. The molecule has 0 N–H and O–H groups in total. The van der Waals surface area contributed by atoms with Gasteiger partial charge in [0.1, 0.15) is 5.75 Å². The molecule has 0 saturated carbocycles. The lowest BCUT2D eigenvalue weighted by atomic mass is 10.0. The lowest BCUT2D eigenvalue weighted by molar-refractivity contribution is 0.0497. The van der Waals surface area contributed by atoms with Gasteiger partial charge in [-0.3, -0.25) is 4.98 Å². The number of aromatic nitrogens is 1. The van der Waals surface area contributed by atoms with Crippen LogP contribution in [0.25, 0.3) is 0 Å². The molecule has 0 spiro atoms. The van der Waals surface area contributed by atoms with E-state index in [2.05, 4.69) is 4.98 Å². The molecule has 2 heterocycles. The predicted octanol–water partition coefficient (Wildman–Crippen LogP) is 2.63. The second-order valence-corrected chi connectivity index (χ2v) is 4.25. The van der Waals surface area contributed by atoms with Crippen molar-refractivity contribution in [2.45, 2.75) is 18.7 Å². The lowest BCUT2D eigenvalue weighted by Gasteiger charge is -2.22. The number of pyridine rings is 1. The Kier molecular flexibility index (Phi) is 4.43. The van der Waals surface area contributed by atoms with E-state index in [1.54, 1.807) is 6.20 Å². The van der Waals surface area contributed by atoms with Gasteiger partial charge in [0, 0.05) is 25.5 Å². The summed E-state index contributed by atoms with van der Waals surface area (Å²) >= 11 is 5.71. The van der Waals surface area contributed by atoms with Gasteiger partial charge in [-0.15, -0.1) is 11.6 Å². The van der Waals surface area contributed by atoms with Crippen molar-refractivity contribution in [2.75, 3.05) is 19.8 Å². The monoisotopic (exact) mass is 241 g/mol. The van der Waals surface area contributed by atoms with E-state index < -0.39 is 0 Å². The van der Waals surface area contributed by atoms with Crippen LogP contribution in [-0.2, 0) is 10.6 Å². The van der Waals surface area contributed by atoms with E-state index >= 15 is 0 Å². The fourth-order valence-electron chi connectivity index (χ4n) is 1.75. The van der Waals surface area contributed by atoms with Gasteiger partial charge < -0.3 is 9.47 Å². The minimum atomic E-state index is 0.425. The van der Waals surface area contributed by atoms with Crippen LogP contribution in [0.1, 0.15) is 18.5 Å². The fraction of sp³-hybridized carbons (Fsp3) is 0.583. The third kappa shape index (κ3) is 3.35. The molecule has 16 heavy (non-hydrogen) atoms. The molecular formula is C12H16ClNO2.